The molecule has 0 aliphatic carbocycles. The Labute approximate surface area is 164 Å². The van der Waals surface area contributed by atoms with Crippen LogP contribution in [0.25, 0.3) is 10.9 Å². The topological polar surface area (TPSA) is 60.3 Å². The normalized spacial score (nSPS) is 13.2. The molecule has 5 nitrogen and oxygen atoms in total. The number of amides is 1. The molecule has 1 N–H and O–H groups in total. The fraction of sp³-hybridized carbons (Fsp3) is 0.200. The molecule has 28 heavy (non-hydrogen) atoms. The molecule has 0 aliphatic heterocycles. The molecule has 0 spiro atoms. The molecular weight excluding hydrogens is 390 g/mol. The fourth-order valence-electron chi connectivity index (χ4n) is 3.20. The Morgan fingerprint density at radius 1 is 1.18 bits per heavy atom. The Bertz CT molecular complexity index is 1060. The smallest absolute Gasteiger partial charge is 0.336 e. The van der Waals surface area contributed by atoms with E-state index in [0.717, 1.165) is 25.3 Å². The van der Waals surface area contributed by atoms with Crippen LogP contribution in [0.15, 0.2) is 42.5 Å². The number of methoxy groups -OCH3 is 1. The highest BCUT2D eigenvalue weighted by molar-refractivity contribution is 6.38. The van der Waals surface area contributed by atoms with Crippen LogP contribution >= 0.6 is 11.6 Å². The third kappa shape index (κ3) is 3.11. The van der Waals surface area contributed by atoms with Crippen LogP contribution in [-0.2, 0) is 22.1 Å². The van der Waals surface area contributed by atoms with Crippen LogP contribution in [0, 0.1) is 11.6 Å². The van der Waals surface area contributed by atoms with Crippen LogP contribution in [0.3, 0.4) is 0 Å². The number of nitrogens with one attached hydrogen (secondary N) is 1. The van der Waals surface area contributed by atoms with Crippen molar-refractivity contribution in [2.45, 2.75) is 12.5 Å². The number of carbonyl (C=O) groups is 2. The van der Waals surface area contributed by atoms with Gasteiger partial charge < -0.3 is 14.6 Å². The van der Waals surface area contributed by atoms with Gasteiger partial charge in [-0.25, -0.2) is 13.6 Å². The summed E-state index contributed by atoms with van der Waals surface area (Å²) >= 11 is 6.37. The van der Waals surface area contributed by atoms with E-state index in [0.29, 0.717) is 10.9 Å². The van der Waals surface area contributed by atoms with Crippen LogP contribution < -0.4 is 5.32 Å². The Hall–Kier alpha value is -2.93. The lowest BCUT2D eigenvalue weighted by Gasteiger charge is -2.29. The molecule has 0 bridgehead atoms. The number of para-hydroxylation sites is 1. The molecule has 0 saturated heterocycles. The lowest BCUT2D eigenvalue weighted by atomic mass is 9.91. The van der Waals surface area contributed by atoms with Gasteiger partial charge in [0.2, 0.25) is 0 Å². The molecule has 0 fully saturated rings. The average Bonchev–Trinajstić information content (AvgIpc) is 2.93. The predicted octanol–water partition coefficient (Wildman–Crippen LogP) is 3.93. The lowest BCUT2D eigenvalue weighted by Crippen LogP contribution is -2.51. The molecule has 8 heteroatoms. The van der Waals surface area contributed by atoms with Gasteiger partial charge in [0.15, 0.2) is 5.54 Å². The zero-order valence-corrected chi connectivity index (χ0v) is 16.1. The number of hydrogen-bond donors (Lipinski definition) is 1. The summed E-state index contributed by atoms with van der Waals surface area (Å²) in [6.07, 6.45) is 0. The number of aromatic nitrogens is 1. The Balaban J connectivity index is 2.11. The van der Waals surface area contributed by atoms with Crippen molar-refractivity contribution in [1.82, 2.24) is 9.88 Å². The maximum atomic E-state index is 14.4. The monoisotopic (exact) mass is 406 g/mol. The quantitative estimate of drug-likeness (QED) is 0.668. The number of nitrogens with zero attached hydrogens (tertiary/aromatic N) is 1. The maximum absolute atomic E-state index is 14.4. The van der Waals surface area contributed by atoms with Gasteiger partial charge in [-0.2, -0.15) is 0 Å². The number of benzene rings is 2. The summed E-state index contributed by atoms with van der Waals surface area (Å²) in [7, 11) is 2.73. The molecule has 0 aliphatic rings. The van der Waals surface area contributed by atoms with E-state index >= 15 is 0 Å². The lowest BCUT2D eigenvalue weighted by molar-refractivity contribution is -0.148. The molecule has 146 valence electrons. The van der Waals surface area contributed by atoms with Crippen LogP contribution in [0.2, 0.25) is 5.02 Å². The van der Waals surface area contributed by atoms with E-state index in [2.05, 4.69) is 5.32 Å². The summed E-state index contributed by atoms with van der Waals surface area (Å²) < 4.78 is 34.4. The maximum Gasteiger partial charge on any atom is 0.336 e. The second kappa shape index (κ2) is 7.24. The highest BCUT2D eigenvalue weighted by Crippen LogP contribution is 2.32. The highest BCUT2D eigenvalue weighted by Gasteiger charge is 2.41. The standard InChI is InChI=1S/C20H17ClF2N2O3/c1-20(19(27)28-3,13-10-11(22)8-9-14(13)23)24-18(26)17-16(21)12-6-4-5-7-15(12)25(17)2/h4-10H,1-3H3,(H,24,26)/t20-/m1/s1. The van der Waals surface area contributed by atoms with Crippen molar-refractivity contribution in [1.29, 1.82) is 0 Å². The molecule has 0 unspecified atom stereocenters. The van der Waals surface area contributed by atoms with E-state index in [4.69, 9.17) is 16.3 Å². The van der Waals surface area contributed by atoms with Crippen molar-refractivity contribution in [3.8, 4) is 0 Å². The Kier molecular flexibility index (Phi) is 5.12. The zero-order valence-electron chi connectivity index (χ0n) is 15.3. The third-order valence-corrected chi connectivity index (χ3v) is 5.07. The van der Waals surface area contributed by atoms with Gasteiger partial charge in [-0.05, 0) is 31.2 Å². The summed E-state index contributed by atoms with van der Waals surface area (Å²) in [6.45, 7) is 1.24. The molecule has 1 atom stereocenters. The second-order valence-corrected chi connectivity index (χ2v) is 6.81. The zero-order chi connectivity index (χ0) is 20.6. The molecule has 2 aromatic carbocycles. The number of esters is 1. The van der Waals surface area contributed by atoms with Crippen molar-refractivity contribution in [3.63, 3.8) is 0 Å². The van der Waals surface area contributed by atoms with Gasteiger partial charge in [0.25, 0.3) is 5.91 Å². The van der Waals surface area contributed by atoms with Gasteiger partial charge in [0.1, 0.15) is 17.3 Å². The average molecular weight is 407 g/mol. The number of ether oxygens (including phenoxy) is 1. The van der Waals surface area contributed by atoms with Crippen molar-refractivity contribution in [2.24, 2.45) is 7.05 Å². The minimum absolute atomic E-state index is 0.0785. The van der Waals surface area contributed by atoms with Crippen molar-refractivity contribution in [3.05, 3.63) is 70.4 Å². The molecule has 0 radical (unpaired) electrons. The van der Waals surface area contributed by atoms with Crippen LogP contribution in [0.5, 0.6) is 0 Å². The minimum Gasteiger partial charge on any atom is -0.467 e. The molecule has 3 rings (SSSR count). The first-order valence-electron chi connectivity index (χ1n) is 8.30. The van der Waals surface area contributed by atoms with Crippen LogP contribution in [0.1, 0.15) is 23.0 Å². The Morgan fingerprint density at radius 2 is 1.86 bits per heavy atom. The fourth-order valence-corrected chi connectivity index (χ4v) is 3.57. The predicted molar refractivity (Wildman–Crippen MR) is 101 cm³/mol. The van der Waals surface area contributed by atoms with Gasteiger partial charge in [-0.15, -0.1) is 0 Å². The summed E-state index contributed by atoms with van der Waals surface area (Å²) in [5.74, 6) is -3.32. The summed E-state index contributed by atoms with van der Waals surface area (Å²) in [5, 5.41) is 3.29. The van der Waals surface area contributed by atoms with E-state index < -0.39 is 29.0 Å². The van der Waals surface area contributed by atoms with Crippen molar-refractivity contribution >= 4 is 34.4 Å². The first kappa shape index (κ1) is 19.8. The summed E-state index contributed by atoms with van der Waals surface area (Å²) in [5.41, 5.74) is -1.55. The third-order valence-electron chi connectivity index (χ3n) is 4.68. The molecule has 1 amide bonds. The first-order chi connectivity index (χ1) is 13.2. The summed E-state index contributed by atoms with van der Waals surface area (Å²) in [4.78, 5) is 25.5. The number of rotatable bonds is 4. The number of carbonyl (C=O) groups excluding carboxylic acids is 2. The Morgan fingerprint density at radius 3 is 2.50 bits per heavy atom. The van der Waals surface area contributed by atoms with E-state index in [1.54, 1.807) is 35.9 Å². The van der Waals surface area contributed by atoms with Gasteiger partial charge >= 0.3 is 5.97 Å². The summed E-state index contributed by atoms with van der Waals surface area (Å²) in [6, 6.07) is 9.73. The molecular formula is C20H17ClF2N2O3. The highest BCUT2D eigenvalue weighted by atomic mass is 35.5. The van der Waals surface area contributed by atoms with Gasteiger partial charge in [-0.1, -0.05) is 29.8 Å². The number of halogens is 3. The largest absolute Gasteiger partial charge is 0.467 e. The second-order valence-electron chi connectivity index (χ2n) is 6.43. The SMILES string of the molecule is COC(=O)[C@](C)(NC(=O)c1c(Cl)c2ccccc2n1C)c1cc(F)ccc1F. The molecule has 0 saturated carbocycles. The van der Waals surface area contributed by atoms with Gasteiger partial charge in [0.05, 0.1) is 12.1 Å². The molecule has 1 heterocycles. The molecule has 3 aromatic rings. The van der Waals surface area contributed by atoms with Crippen LogP contribution in [0.4, 0.5) is 8.78 Å². The van der Waals surface area contributed by atoms with Crippen molar-refractivity contribution < 1.29 is 23.1 Å². The molecule has 1 aromatic heterocycles. The minimum atomic E-state index is -1.97. The van der Waals surface area contributed by atoms with E-state index in [-0.39, 0.29) is 16.3 Å². The van der Waals surface area contributed by atoms with Gasteiger partial charge in [0, 0.05) is 23.5 Å². The van der Waals surface area contributed by atoms with E-state index in [1.807, 2.05) is 0 Å². The van der Waals surface area contributed by atoms with E-state index in [9.17, 15) is 18.4 Å². The number of hydrogen-bond acceptors (Lipinski definition) is 3. The number of aryl methyl sites for hydroxylation is 1. The van der Waals surface area contributed by atoms with Crippen molar-refractivity contribution in [2.75, 3.05) is 7.11 Å². The van der Waals surface area contributed by atoms with Crippen LogP contribution in [-0.4, -0.2) is 23.6 Å². The number of fused-ring (bicyclic) bond motifs is 1. The van der Waals surface area contributed by atoms with E-state index in [1.165, 1.54) is 6.92 Å². The first-order valence-corrected chi connectivity index (χ1v) is 8.68. The van der Waals surface area contributed by atoms with Gasteiger partial charge in [-0.3, -0.25) is 4.79 Å².